The molecular weight excluding hydrogens is 188 g/mol. The van der Waals surface area contributed by atoms with Crippen molar-refractivity contribution in [2.75, 3.05) is 0 Å². The van der Waals surface area contributed by atoms with E-state index in [1.54, 1.807) is 12.4 Å². The molecule has 0 atom stereocenters. The lowest BCUT2D eigenvalue weighted by molar-refractivity contribution is 0.112. The zero-order valence-electron chi connectivity index (χ0n) is 6.99. The first-order valence-electron chi connectivity index (χ1n) is 3.78. The number of fused-ring (bicyclic) bond motifs is 1. The van der Waals surface area contributed by atoms with Gasteiger partial charge < -0.3 is 4.57 Å². The number of rotatable bonds is 1. The van der Waals surface area contributed by atoms with E-state index in [1.807, 2.05) is 17.7 Å². The second-order valence-corrected chi connectivity index (χ2v) is 3.17. The highest BCUT2D eigenvalue weighted by molar-refractivity contribution is 6.35. The molecule has 2 heterocycles. The Bertz CT molecular complexity index is 476. The summed E-state index contributed by atoms with van der Waals surface area (Å²) in [5.41, 5.74) is 1.50. The van der Waals surface area contributed by atoms with Crippen molar-refractivity contribution in [3.05, 3.63) is 29.2 Å². The average molecular weight is 195 g/mol. The number of carbonyl (C=O) groups excluding carboxylic acids is 1. The zero-order valence-corrected chi connectivity index (χ0v) is 7.75. The van der Waals surface area contributed by atoms with Crippen molar-refractivity contribution in [2.45, 2.75) is 0 Å². The van der Waals surface area contributed by atoms with Crippen LogP contribution in [0.5, 0.6) is 0 Å². The number of hydrogen-bond acceptors (Lipinski definition) is 2. The van der Waals surface area contributed by atoms with E-state index in [0.717, 1.165) is 17.2 Å². The summed E-state index contributed by atoms with van der Waals surface area (Å²) in [7, 11) is 1.87. The lowest BCUT2D eigenvalue weighted by atomic mass is 10.2. The third-order valence-electron chi connectivity index (χ3n) is 2.01. The van der Waals surface area contributed by atoms with Gasteiger partial charge in [-0.15, -0.1) is 0 Å². The van der Waals surface area contributed by atoms with Crippen LogP contribution in [0.2, 0.25) is 5.15 Å². The number of halogens is 1. The fourth-order valence-corrected chi connectivity index (χ4v) is 1.68. The smallest absolute Gasteiger partial charge is 0.152 e. The number of nitrogens with zero attached hydrogens (tertiary/aromatic N) is 2. The quantitative estimate of drug-likeness (QED) is 0.514. The molecule has 4 heteroatoms. The van der Waals surface area contributed by atoms with Crippen LogP contribution in [0.25, 0.3) is 10.9 Å². The summed E-state index contributed by atoms with van der Waals surface area (Å²) in [5, 5.41) is 1.10. The predicted molar refractivity (Wildman–Crippen MR) is 51.1 cm³/mol. The predicted octanol–water partition coefficient (Wildman–Crippen LogP) is 2.04. The molecule has 0 fully saturated rings. The molecule has 0 saturated carbocycles. The first-order chi connectivity index (χ1) is 6.24. The van der Waals surface area contributed by atoms with E-state index in [0.29, 0.717) is 10.7 Å². The van der Waals surface area contributed by atoms with Crippen molar-refractivity contribution in [1.82, 2.24) is 9.55 Å². The molecule has 3 nitrogen and oxygen atoms in total. The van der Waals surface area contributed by atoms with Crippen molar-refractivity contribution in [1.29, 1.82) is 0 Å². The van der Waals surface area contributed by atoms with Crippen LogP contribution in [0.3, 0.4) is 0 Å². The number of aldehydes is 1. The van der Waals surface area contributed by atoms with Crippen LogP contribution in [-0.2, 0) is 7.05 Å². The van der Waals surface area contributed by atoms with Gasteiger partial charge in [0.15, 0.2) is 6.29 Å². The molecule has 0 spiro atoms. The molecular formula is C9H7ClN2O. The Morgan fingerprint density at radius 1 is 1.62 bits per heavy atom. The van der Waals surface area contributed by atoms with Gasteiger partial charge in [0, 0.05) is 30.4 Å². The van der Waals surface area contributed by atoms with E-state index in [1.165, 1.54) is 0 Å². The third-order valence-corrected chi connectivity index (χ3v) is 2.30. The standard InChI is InChI=1S/C9H7ClN2O/c1-12-4-6(5-13)8-7(12)2-3-11-9(8)10/h2-5H,1H3. The van der Waals surface area contributed by atoms with Gasteiger partial charge in [0.25, 0.3) is 0 Å². The van der Waals surface area contributed by atoms with Crippen LogP contribution < -0.4 is 0 Å². The number of aryl methyl sites for hydroxylation is 1. The molecule has 2 rings (SSSR count). The largest absolute Gasteiger partial charge is 0.350 e. The van der Waals surface area contributed by atoms with Crippen molar-refractivity contribution >= 4 is 28.8 Å². The summed E-state index contributed by atoms with van der Waals surface area (Å²) in [6, 6.07) is 1.83. The normalized spacial score (nSPS) is 10.6. The van der Waals surface area contributed by atoms with Crippen LogP contribution >= 0.6 is 11.6 Å². The summed E-state index contributed by atoms with van der Waals surface area (Å²) in [5.74, 6) is 0. The lowest BCUT2D eigenvalue weighted by Crippen LogP contribution is -1.83. The Labute approximate surface area is 79.9 Å². The summed E-state index contributed by atoms with van der Waals surface area (Å²) >= 11 is 5.87. The Morgan fingerprint density at radius 2 is 2.38 bits per heavy atom. The first kappa shape index (κ1) is 8.26. The van der Waals surface area contributed by atoms with Gasteiger partial charge in [-0.25, -0.2) is 4.98 Å². The van der Waals surface area contributed by atoms with Crippen molar-refractivity contribution < 1.29 is 4.79 Å². The maximum atomic E-state index is 10.7. The second kappa shape index (κ2) is 2.85. The maximum Gasteiger partial charge on any atom is 0.152 e. The molecule has 0 aromatic carbocycles. The Kier molecular flexibility index (Phi) is 1.81. The Hall–Kier alpha value is -1.35. The van der Waals surface area contributed by atoms with Crippen LogP contribution in [0, 0.1) is 0 Å². The van der Waals surface area contributed by atoms with Crippen LogP contribution in [-0.4, -0.2) is 15.8 Å². The second-order valence-electron chi connectivity index (χ2n) is 2.81. The van der Waals surface area contributed by atoms with E-state index in [9.17, 15) is 4.79 Å². The SMILES string of the molecule is Cn1cc(C=O)c2c(Cl)nccc21. The molecule has 66 valence electrons. The van der Waals surface area contributed by atoms with Gasteiger partial charge >= 0.3 is 0 Å². The molecule has 2 aromatic heterocycles. The van der Waals surface area contributed by atoms with Gasteiger partial charge in [-0.1, -0.05) is 11.6 Å². The molecule has 13 heavy (non-hydrogen) atoms. The van der Waals surface area contributed by atoms with Crippen molar-refractivity contribution in [3.63, 3.8) is 0 Å². The highest BCUT2D eigenvalue weighted by atomic mass is 35.5. The first-order valence-corrected chi connectivity index (χ1v) is 4.16. The van der Waals surface area contributed by atoms with E-state index < -0.39 is 0 Å². The maximum absolute atomic E-state index is 10.7. The van der Waals surface area contributed by atoms with E-state index >= 15 is 0 Å². The highest BCUT2D eigenvalue weighted by Gasteiger charge is 2.09. The number of aromatic nitrogens is 2. The fraction of sp³-hybridized carbons (Fsp3) is 0.111. The molecule has 0 aliphatic carbocycles. The molecule has 2 aromatic rings. The van der Waals surface area contributed by atoms with Gasteiger partial charge in [-0.05, 0) is 6.07 Å². The summed E-state index contributed by atoms with van der Waals surface area (Å²) in [6.07, 6.45) is 4.15. The molecule has 0 radical (unpaired) electrons. The topological polar surface area (TPSA) is 34.9 Å². The van der Waals surface area contributed by atoms with Gasteiger partial charge in [0.2, 0.25) is 0 Å². The third kappa shape index (κ3) is 1.12. The minimum Gasteiger partial charge on any atom is -0.350 e. The van der Waals surface area contributed by atoms with E-state index in [4.69, 9.17) is 11.6 Å². The number of hydrogen-bond donors (Lipinski definition) is 0. The minimum absolute atomic E-state index is 0.375. The van der Waals surface area contributed by atoms with Gasteiger partial charge in [-0.3, -0.25) is 4.79 Å². The Morgan fingerprint density at radius 3 is 3.08 bits per heavy atom. The van der Waals surface area contributed by atoms with Crippen LogP contribution in [0.15, 0.2) is 18.5 Å². The fourth-order valence-electron chi connectivity index (χ4n) is 1.42. The monoisotopic (exact) mass is 194 g/mol. The Balaban J connectivity index is 2.96. The van der Waals surface area contributed by atoms with Crippen LogP contribution in [0.1, 0.15) is 10.4 Å². The van der Waals surface area contributed by atoms with Gasteiger partial charge in [0.1, 0.15) is 5.15 Å². The molecule has 0 amide bonds. The molecule has 0 saturated heterocycles. The average Bonchev–Trinajstić information content (AvgIpc) is 2.45. The molecule has 0 unspecified atom stereocenters. The van der Waals surface area contributed by atoms with Crippen LogP contribution in [0.4, 0.5) is 0 Å². The lowest BCUT2D eigenvalue weighted by Gasteiger charge is -1.95. The molecule has 0 aliphatic rings. The highest BCUT2D eigenvalue weighted by Crippen LogP contribution is 2.24. The van der Waals surface area contributed by atoms with Crippen molar-refractivity contribution in [3.8, 4) is 0 Å². The zero-order chi connectivity index (χ0) is 9.42. The number of pyridine rings is 1. The van der Waals surface area contributed by atoms with E-state index in [-0.39, 0.29) is 0 Å². The van der Waals surface area contributed by atoms with E-state index in [2.05, 4.69) is 4.98 Å². The minimum atomic E-state index is 0.375. The van der Waals surface area contributed by atoms with Crippen molar-refractivity contribution in [2.24, 2.45) is 7.05 Å². The molecule has 0 aliphatic heterocycles. The number of carbonyl (C=O) groups is 1. The van der Waals surface area contributed by atoms with Gasteiger partial charge in [-0.2, -0.15) is 0 Å². The summed E-state index contributed by atoms with van der Waals surface area (Å²) < 4.78 is 1.85. The summed E-state index contributed by atoms with van der Waals surface area (Å²) in [4.78, 5) is 14.6. The molecule has 0 N–H and O–H groups in total. The summed E-state index contributed by atoms with van der Waals surface area (Å²) in [6.45, 7) is 0. The molecule has 0 bridgehead atoms. The van der Waals surface area contributed by atoms with Gasteiger partial charge in [0.05, 0.1) is 5.52 Å².